The Bertz CT molecular complexity index is 232. The van der Waals surface area contributed by atoms with E-state index >= 15 is 0 Å². The molecule has 0 bridgehead atoms. The fourth-order valence-corrected chi connectivity index (χ4v) is 1.28. The van der Waals surface area contributed by atoms with Crippen LogP contribution in [-0.4, -0.2) is 51.3 Å². The lowest BCUT2D eigenvalue weighted by Crippen LogP contribution is -2.53. The molecule has 0 radical (unpaired) electrons. The van der Waals surface area contributed by atoms with Crippen LogP contribution in [0.5, 0.6) is 0 Å². The van der Waals surface area contributed by atoms with E-state index in [1.165, 1.54) is 7.11 Å². The van der Waals surface area contributed by atoms with Crippen molar-refractivity contribution in [3.05, 3.63) is 0 Å². The first-order valence-electron chi connectivity index (χ1n) is 4.89. The van der Waals surface area contributed by atoms with E-state index in [9.17, 15) is 9.59 Å². The van der Waals surface area contributed by atoms with Gasteiger partial charge in [-0.25, -0.2) is 0 Å². The summed E-state index contributed by atoms with van der Waals surface area (Å²) in [6.07, 6.45) is 0.0650. The smallest absolute Gasteiger partial charge is 0.307 e. The van der Waals surface area contributed by atoms with Crippen LogP contribution in [0.4, 0.5) is 0 Å². The third-order valence-electron chi connectivity index (χ3n) is 2.05. The minimum Gasteiger partial charge on any atom is -0.463 e. The van der Waals surface area contributed by atoms with Crippen LogP contribution in [-0.2, 0) is 19.1 Å². The molecule has 1 saturated heterocycles. The molecule has 0 saturated carbocycles. The van der Waals surface area contributed by atoms with Crippen LogP contribution in [0.25, 0.3) is 0 Å². The van der Waals surface area contributed by atoms with Crippen LogP contribution >= 0.6 is 0 Å². The Morgan fingerprint density at radius 1 is 1.47 bits per heavy atom. The zero-order chi connectivity index (χ0) is 11.1. The van der Waals surface area contributed by atoms with E-state index in [0.29, 0.717) is 19.7 Å². The molecule has 1 amide bonds. The highest BCUT2D eigenvalue weighted by Gasteiger charge is 2.24. The maximum absolute atomic E-state index is 11.3. The molecule has 1 aliphatic heterocycles. The molecule has 0 unspecified atom stereocenters. The van der Waals surface area contributed by atoms with Crippen LogP contribution in [0.2, 0.25) is 0 Å². The fraction of sp³-hybridized carbons (Fsp3) is 0.778. The molecule has 0 spiro atoms. The zero-order valence-electron chi connectivity index (χ0n) is 8.75. The summed E-state index contributed by atoms with van der Waals surface area (Å²) >= 11 is 0. The van der Waals surface area contributed by atoms with E-state index in [-0.39, 0.29) is 24.9 Å². The second-order valence-corrected chi connectivity index (χ2v) is 3.22. The molecule has 1 fully saturated rings. The second kappa shape index (κ2) is 6.36. The van der Waals surface area contributed by atoms with Crippen molar-refractivity contribution in [2.24, 2.45) is 0 Å². The number of hydrogen-bond acceptors (Lipinski definition) is 5. The molecule has 15 heavy (non-hydrogen) atoms. The topological polar surface area (TPSA) is 76.7 Å². The molecule has 1 aliphatic rings. The molecule has 0 aromatic carbocycles. The number of esters is 1. The Balaban J connectivity index is 2.21. The van der Waals surface area contributed by atoms with Gasteiger partial charge in [0.1, 0.15) is 6.61 Å². The van der Waals surface area contributed by atoms with Gasteiger partial charge in [0.25, 0.3) is 0 Å². The third-order valence-corrected chi connectivity index (χ3v) is 2.05. The van der Waals surface area contributed by atoms with Gasteiger partial charge in [0.15, 0.2) is 0 Å². The number of nitrogens with one attached hydrogen (secondary N) is 2. The van der Waals surface area contributed by atoms with Crippen molar-refractivity contribution in [1.82, 2.24) is 10.6 Å². The van der Waals surface area contributed by atoms with E-state index < -0.39 is 6.04 Å². The number of amides is 1. The van der Waals surface area contributed by atoms with Gasteiger partial charge in [-0.05, 0) is 0 Å². The summed E-state index contributed by atoms with van der Waals surface area (Å²) in [7, 11) is 1.53. The van der Waals surface area contributed by atoms with Crippen LogP contribution in [0.3, 0.4) is 0 Å². The molecule has 1 atom stereocenters. The summed E-state index contributed by atoms with van der Waals surface area (Å²) in [4.78, 5) is 22.5. The highest BCUT2D eigenvalue weighted by atomic mass is 16.6. The van der Waals surface area contributed by atoms with Gasteiger partial charge >= 0.3 is 5.97 Å². The third kappa shape index (κ3) is 4.26. The highest BCUT2D eigenvalue weighted by Crippen LogP contribution is 1.98. The Morgan fingerprint density at radius 2 is 2.27 bits per heavy atom. The normalized spacial score (nSPS) is 20.9. The summed E-state index contributed by atoms with van der Waals surface area (Å²) < 4.78 is 9.58. The van der Waals surface area contributed by atoms with Crippen molar-refractivity contribution in [3.63, 3.8) is 0 Å². The average Bonchev–Trinajstić information content (AvgIpc) is 2.22. The van der Waals surface area contributed by atoms with E-state index in [1.807, 2.05) is 0 Å². The SMILES string of the molecule is COCCOC(=O)C[C@@H]1NCCNC1=O. The van der Waals surface area contributed by atoms with E-state index in [0.717, 1.165) is 0 Å². The quantitative estimate of drug-likeness (QED) is 0.439. The summed E-state index contributed by atoms with van der Waals surface area (Å²) in [5.41, 5.74) is 0. The van der Waals surface area contributed by atoms with Crippen molar-refractivity contribution >= 4 is 11.9 Å². The molecule has 0 aromatic heterocycles. The van der Waals surface area contributed by atoms with Crippen LogP contribution < -0.4 is 10.6 Å². The molecule has 86 valence electrons. The fourth-order valence-electron chi connectivity index (χ4n) is 1.28. The minimum absolute atomic E-state index is 0.0650. The molecule has 6 nitrogen and oxygen atoms in total. The Kier molecular flexibility index (Phi) is 5.06. The van der Waals surface area contributed by atoms with Crippen molar-refractivity contribution in [2.75, 3.05) is 33.4 Å². The van der Waals surface area contributed by atoms with Gasteiger partial charge in [-0.1, -0.05) is 0 Å². The first-order valence-corrected chi connectivity index (χ1v) is 4.89. The molecule has 1 heterocycles. The van der Waals surface area contributed by atoms with Gasteiger partial charge in [0, 0.05) is 20.2 Å². The Morgan fingerprint density at radius 3 is 2.93 bits per heavy atom. The van der Waals surface area contributed by atoms with Crippen LogP contribution in [0.15, 0.2) is 0 Å². The maximum atomic E-state index is 11.3. The summed E-state index contributed by atoms with van der Waals surface area (Å²) in [5.74, 6) is -0.536. The minimum atomic E-state index is -0.464. The van der Waals surface area contributed by atoms with Gasteiger partial charge in [-0.3, -0.25) is 9.59 Å². The molecule has 0 aliphatic carbocycles. The number of carbonyl (C=O) groups is 2. The predicted octanol–water partition coefficient (Wildman–Crippen LogP) is -1.35. The highest BCUT2D eigenvalue weighted by molar-refractivity contribution is 5.87. The Hall–Kier alpha value is -1.14. The van der Waals surface area contributed by atoms with E-state index in [2.05, 4.69) is 10.6 Å². The lowest BCUT2D eigenvalue weighted by molar-refractivity contribution is -0.147. The van der Waals surface area contributed by atoms with Gasteiger partial charge in [0.2, 0.25) is 5.91 Å². The van der Waals surface area contributed by atoms with Gasteiger partial charge in [-0.2, -0.15) is 0 Å². The molecule has 1 rings (SSSR count). The molecule has 0 aromatic rings. The standard InChI is InChI=1S/C9H16N2O4/c1-14-4-5-15-8(12)6-7-9(13)11-3-2-10-7/h7,10H,2-6H2,1H3,(H,11,13)/t7-/m0/s1. The monoisotopic (exact) mass is 216 g/mol. The van der Waals surface area contributed by atoms with E-state index in [1.54, 1.807) is 0 Å². The van der Waals surface area contributed by atoms with Crippen molar-refractivity contribution in [3.8, 4) is 0 Å². The number of hydrogen-bond donors (Lipinski definition) is 2. The number of methoxy groups -OCH3 is 1. The number of rotatable bonds is 5. The lowest BCUT2D eigenvalue weighted by Gasteiger charge is -2.22. The largest absolute Gasteiger partial charge is 0.463 e. The van der Waals surface area contributed by atoms with Crippen molar-refractivity contribution in [1.29, 1.82) is 0 Å². The first-order chi connectivity index (χ1) is 7.24. The summed E-state index contributed by atoms with van der Waals surface area (Å²) in [6, 6.07) is -0.464. The second-order valence-electron chi connectivity index (χ2n) is 3.22. The number of ether oxygens (including phenoxy) is 2. The maximum Gasteiger partial charge on any atom is 0.307 e. The summed E-state index contributed by atoms with van der Waals surface area (Å²) in [5, 5.41) is 5.62. The van der Waals surface area contributed by atoms with E-state index in [4.69, 9.17) is 9.47 Å². The van der Waals surface area contributed by atoms with Crippen molar-refractivity contribution < 1.29 is 19.1 Å². The van der Waals surface area contributed by atoms with Gasteiger partial charge in [-0.15, -0.1) is 0 Å². The lowest BCUT2D eigenvalue weighted by atomic mass is 10.1. The Labute approximate surface area is 88.3 Å². The first kappa shape index (κ1) is 11.9. The average molecular weight is 216 g/mol. The van der Waals surface area contributed by atoms with Gasteiger partial charge in [0.05, 0.1) is 19.1 Å². The number of carbonyl (C=O) groups excluding carboxylic acids is 2. The molecular formula is C9H16N2O4. The van der Waals surface area contributed by atoms with Crippen molar-refractivity contribution in [2.45, 2.75) is 12.5 Å². The van der Waals surface area contributed by atoms with Crippen LogP contribution in [0.1, 0.15) is 6.42 Å². The number of piperazine rings is 1. The molecular weight excluding hydrogens is 200 g/mol. The predicted molar refractivity (Wildman–Crippen MR) is 52.3 cm³/mol. The zero-order valence-corrected chi connectivity index (χ0v) is 8.75. The van der Waals surface area contributed by atoms with Gasteiger partial charge < -0.3 is 20.1 Å². The van der Waals surface area contributed by atoms with Crippen LogP contribution in [0, 0.1) is 0 Å². The summed E-state index contributed by atoms with van der Waals surface area (Å²) in [6.45, 7) is 1.88. The molecule has 2 N–H and O–H groups in total. The molecule has 6 heteroatoms.